The second kappa shape index (κ2) is 7.62. The Balaban J connectivity index is 1.56. The third-order valence-electron chi connectivity index (χ3n) is 4.32. The van der Waals surface area contributed by atoms with Gasteiger partial charge in [-0.3, -0.25) is 0 Å². The minimum Gasteiger partial charge on any atom is -0.506 e. The fourth-order valence-electron chi connectivity index (χ4n) is 2.80. The molecule has 0 fully saturated rings. The van der Waals surface area contributed by atoms with E-state index in [1.165, 1.54) is 6.07 Å². The van der Waals surface area contributed by atoms with Crippen molar-refractivity contribution < 1.29 is 9.84 Å². The van der Waals surface area contributed by atoms with E-state index < -0.39 is 0 Å². The van der Waals surface area contributed by atoms with Crippen LogP contribution >= 0.6 is 11.3 Å². The van der Waals surface area contributed by atoms with Gasteiger partial charge < -0.3 is 9.84 Å². The van der Waals surface area contributed by atoms with Crippen LogP contribution in [0.4, 0.5) is 5.69 Å². The summed E-state index contributed by atoms with van der Waals surface area (Å²) in [6.07, 6.45) is 3.81. The molecule has 1 heterocycles. The summed E-state index contributed by atoms with van der Waals surface area (Å²) in [6.45, 7) is 0. The molecule has 0 unspecified atom stereocenters. The predicted octanol–water partition coefficient (Wildman–Crippen LogP) is 6.25. The highest BCUT2D eigenvalue weighted by molar-refractivity contribution is 7.21. The molecule has 0 radical (unpaired) electrons. The zero-order valence-electron chi connectivity index (χ0n) is 15.0. The van der Waals surface area contributed by atoms with E-state index in [-0.39, 0.29) is 11.4 Å². The molecule has 6 heteroatoms. The first kappa shape index (κ1) is 17.9. The molecular formula is C22H16N2O3S. The summed E-state index contributed by atoms with van der Waals surface area (Å²) in [4.78, 5) is 15.4. The van der Waals surface area contributed by atoms with Crippen LogP contribution in [0.25, 0.3) is 32.9 Å². The van der Waals surface area contributed by atoms with E-state index in [0.29, 0.717) is 0 Å². The molecule has 0 aliphatic heterocycles. The summed E-state index contributed by atoms with van der Waals surface area (Å²) in [5.74, 6) is 0.704. The van der Waals surface area contributed by atoms with Crippen LogP contribution in [-0.2, 0) is 0 Å². The molecule has 4 aromatic rings. The number of rotatable bonds is 5. The van der Waals surface area contributed by atoms with Gasteiger partial charge in [0.15, 0.2) is 0 Å². The Kier molecular flexibility index (Phi) is 4.87. The highest BCUT2D eigenvalue weighted by Gasteiger charge is 2.07. The zero-order chi connectivity index (χ0) is 19.5. The topological polar surface area (TPSA) is 71.8 Å². The van der Waals surface area contributed by atoms with Crippen LogP contribution in [0.1, 0.15) is 11.1 Å². The lowest BCUT2D eigenvalue weighted by Gasteiger charge is -1.99. The molecule has 0 amide bonds. The monoisotopic (exact) mass is 388 g/mol. The van der Waals surface area contributed by atoms with Crippen molar-refractivity contribution in [1.29, 1.82) is 0 Å². The molecule has 0 aliphatic rings. The van der Waals surface area contributed by atoms with Crippen LogP contribution in [-0.4, -0.2) is 17.2 Å². The number of methoxy groups -OCH3 is 1. The first-order valence-corrected chi connectivity index (χ1v) is 9.37. The summed E-state index contributed by atoms with van der Waals surface area (Å²) in [5.41, 5.74) is 3.84. The van der Waals surface area contributed by atoms with Crippen LogP contribution in [0.15, 0.2) is 65.8 Å². The second-order valence-corrected chi connectivity index (χ2v) is 7.18. The Hall–Kier alpha value is -3.51. The molecule has 1 aromatic heterocycles. The number of thiazole rings is 1. The fraction of sp³-hybridized carbons (Fsp3) is 0.0455. The maximum Gasteiger partial charge on any atom is 0.150 e. The molecule has 0 aliphatic carbocycles. The van der Waals surface area contributed by atoms with Crippen molar-refractivity contribution in [3.05, 3.63) is 76.7 Å². The number of hydrogen-bond donors (Lipinski definition) is 1. The minimum atomic E-state index is -0.120. The average molecular weight is 388 g/mol. The number of hydrogen-bond acceptors (Lipinski definition) is 6. The summed E-state index contributed by atoms with van der Waals surface area (Å²) in [6, 6.07) is 18.7. The van der Waals surface area contributed by atoms with Crippen molar-refractivity contribution in [2.75, 3.05) is 7.11 Å². The molecule has 0 saturated carbocycles. The van der Waals surface area contributed by atoms with Crippen molar-refractivity contribution >= 4 is 39.4 Å². The number of fused-ring (bicyclic) bond motifs is 1. The smallest absolute Gasteiger partial charge is 0.150 e. The normalized spacial score (nSPS) is 11.2. The van der Waals surface area contributed by atoms with Gasteiger partial charge in [0, 0.05) is 5.56 Å². The quantitative estimate of drug-likeness (QED) is 0.324. The maximum atomic E-state index is 10.7. The van der Waals surface area contributed by atoms with Gasteiger partial charge in [-0.1, -0.05) is 42.5 Å². The molecule has 0 spiro atoms. The fourth-order valence-corrected chi connectivity index (χ4v) is 3.80. The van der Waals surface area contributed by atoms with Crippen molar-refractivity contribution in [3.8, 4) is 22.1 Å². The van der Waals surface area contributed by atoms with Crippen molar-refractivity contribution in [2.24, 2.45) is 5.18 Å². The van der Waals surface area contributed by atoms with E-state index in [0.717, 1.165) is 37.7 Å². The van der Waals surface area contributed by atoms with Crippen molar-refractivity contribution in [3.63, 3.8) is 0 Å². The third kappa shape index (κ3) is 3.63. The molecule has 1 N–H and O–H groups in total. The average Bonchev–Trinajstić information content (AvgIpc) is 3.16. The molecule has 3 aromatic carbocycles. The van der Waals surface area contributed by atoms with E-state index >= 15 is 0 Å². The van der Waals surface area contributed by atoms with E-state index in [1.807, 2.05) is 54.6 Å². The van der Waals surface area contributed by atoms with Gasteiger partial charge in [-0.2, -0.15) is 0 Å². The Bertz CT molecular complexity index is 1180. The molecular weight excluding hydrogens is 372 g/mol. The van der Waals surface area contributed by atoms with E-state index in [2.05, 4.69) is 5.18 Å². The van der Waals surface area contributed by atoms with E-state index in [4.69, 9.17) is 9.72 Å². The van der Waals surface area contributed by atoms with Gasteiger partial charge in [0.1, 0.15) is 22.2 Å². The highest BCUT2D eigenvalue weighted by Crippen LogP contribution is 2.32. The summed E-state index contributed by atoms with van der Waals surface area (Å²) in [5, 5.41) is 13.3. The van der Waals surface area contributed by atoms with Crippen LogP contribution < -0.4 is 4.74 Å². The standard InChI is InChI=1S/C22H16N2O3S/c1-27-17-9-10-18-21(13-17)28-22(23-18)16-7-4-14(5-8-16)2-3-15-6-11-20(25)19(12-15)24-26/h2-13,25H,1H3/b3-2+. The molecule has 5 nitrogen and oxygen atoms in total. The number of benzene rings is 3. The minimum absolute atomic E-state index is 0.0324. The lowest BCUT2D eigenvalue weighted by molar-refractivity contribution is 0.415. The van der Waals surface area contributed by atoms with Gasteiger partial charge in [-0.05, 0) is 46.6 Å². The zero-order valence-corrected chi connectivity index (χ0v) is 15.8. The van der Waals surface area contributed by atoms with Gasteiger partial charge >= 0.3 is 0 Å². The molecule has 138 valence electrons. The number of phenolic OH excluding ortho intramolecular Hbond substituents is 1. The predicted molar refractivity (Wildman–Crippen MR) is 114 cm³/mol. The lowest BCUT2D eigenvalue weighted by atomic mass is 10.1. The number of aromatic hydroxyl groups is 1. The van der Waals surface area contributed by atoms with Crippen molar-refractivity contribution in [2.45, 2.75) is 0 Å². The van der Waals surface area contributed by atoms with Gasteiger partial charge in [0.05, 0.1) is 17.3 Å². The Morgan fingerprint density at radius 3 is 2.50 bits per heavy atom. The molecule has 0 atom stereocenters. The Labute approximate surface area is 165 Å². The van der Waals surface area contributed by atoms with Crippen LogP contribution in [0.5, 0.6) is 11.5 Å². The molecule has 0 bridgehead atoms. The Morgan fingerprint density at radius 2 is 1.75 bits per heavy atom. The maximum absolute atomic E-state index is 10.7. The highest BCUT2D eigenvalue weighted by atomic mass is 32.1. The van der Waals surface area contributed by atoms with Gasteiger partial charge in [-0.15, -0.1) is 16.2 Å². The first-order chi connectivity index (χ1) is 13.7. The van der Waals surface area contributed by atoms with Gasteiger partial charge in [0.25, 0.3) is 0 Å². The largest absolute Gasteiger partial charge is 0.506 e. The SMILES string of the molecule is COc1ccc2nc(-c3ccc(/C=C/c4ccc(O)c(N=O)c4)cc3)sc2c1. The van der Waals surface area contributed by atoms with Crippen LogP contribution in [0.2, 0.25) is 0 Å². The molecule has 0 saturated heterocycles. The first-order valence-electron chi connectivity index (χ1n) is 8.56. The third-order valence-corrected chi connectivity index (χ3v) is 5.39. The van der Waals surface area contributed by atoms with Crippen LogP contribution in [0, 0.1) is 4.91 Å². The van der Waals surface area contributed by atoms with Crippen molar-refractivity contribution in [1.82, 2.24) is 4.98 Å². The lowest BCUT2D eigenvalue weighted by Crippen LogP contribution is -1.80. The summed E-state index contributed by atoms with van der Waals surface area (Å²) in [7, 11) is 1.66. The number of phenols is 1. The number of nitroso groups, excluding NO2 is 1. The number of aromatic nitrogens is 1. The van der Waals surface area contributed by atoms with Gasteiger partial charge in [-0.25, -0.2) is 4.98 Å². The van der Waals surface area contributed by atoms with E-state index in [9.17, 15) is 10.0 Å². The molecule has 4 rings (SSSR count). The van der Waals surface area contributed by atoms with E-state index in [1.54, 1.807) is 30.6 Å². The number of ether oxygens (including phenoxy) is 1. The summed E-state index contributed by atoms with van der Waals surface area (Å²) < 4.78 is 6.36. The number of nitrogens with zero attached hydrogens (tertiary/aromatic N) is 2. The second-order valence-electron chi connectivity index (χ2n) is 6.15. The molecule has 28 heavy (non-hydrogen) atoms. The Morgan fingerprint density at radius 1 is 1.00 bits per heavy atom. The van der Waals surface area contributed by atoms with Gasteiger partial charge in [0.2, 0.25) is 0 Å². The summed E-state index contributed by atoms with van der Waals surface area (Å²) >= 11 is 1.63. The van der Waals surface area contributed by atoms with Crippen LogP contribution in [0.3, 0.4) is 0 Å².